The summed E-state index contributed by atoms with van der Waals surface area (Å²) in [6, 6.07) is 10.8. The van der Waals surface area contributed by atoms with Crippen LogP contribution in [0.15, 0.2) is 36.5 Å². The van der Waals surface area contributed by atoms with Gasteiger partial charge in [0.2, 0.25) is 0 Å². The number of hydrogen-bond donors (Lipinski definition) is 1. The number of nitrogens with one attached hydrogen (secondary N) is 1. The summed E-state index contributed by atoms with van der Waals surface area (Å²) in [4.78, 5) is 19.0. The number of pyridine rings is 1. The number of rotatable bonds is 5. The average molecular weight is 283 g/mol. The molecule has 0 spiro atoms. The first-order chi connectivity index (χ1) is 10.2. The van der Waals surface area contributed by atoms with Gasteiger partial charge in [-0.1, -0.05) is 24.3 Å². The summed E-state index contributed by atoms with van der Waals surface area (Å²) in [6.07, 6.45) is 4.25. The van der Waals surface area contributed by atoms with Gasteiger partial charge in [-0.3, -0.25) is 14.7 Å². The quantitative estimate of drug-likeness (QED) is 0.916. The third-order valence-corrected chi connectivity index (χ3v) is 4.26. The molecule has 1 fully saturated rings. The second-order valence-corrected chi connectivity index (χ2v) is 5.84. The van der Waals surface area contributed by atoms with Gasteiger partial charge < -0.3 is 5.32 Å². The minimum absolute atomic E-state index is 0.0946. The van der Waals surface area contributed by atoms with Crippen molar-refractivity contribution in [1.82, 2.24) is 15.2 Å². The number of fused-ring (bicyclic) bond motifs is 1. The molecule has 0 radical (unpaired) electrons. The van der Waals surface area contributed by atoms with Crippen molar-refractivity contribution < 1.29 is 4.79 Å². The predicted molar refractivity (Wildman–Crippen MR) is 84.3 cm³/mol. The Hall–Kier alpha value is -1.94. The SMILES string of the molecule is CC(CNC(=O)c1nccc2ccccc12)N(C)C1CC1. The fraction of sp³-hybridized carbons (Fsp3) is 0.412. The second-order valence-electron chi connectivity index (χ2n) is 5.84. The molecule has 1 aliphatic carbocycles. The first-order valence-electron chi connectivity index (χ1n) is 7.50. The smallest absolute Gasteiger partial charge is 0.270 e. The van der Waals surface area contributed by atoms with Crippen LogP contribution in [-0.4, -0.2) is 41.5 Å². The van der Waals surface area contributed by atoms with Gasteiger partial charge in [0, 0.05) is 30.2 Å². The average Bonchev–Trinajstić information content (AvgIpc) is 3.35. The van der Waals surface area contributed by atoms with Crippen molar-refractivity contribution in [2.24, 2.45) is 0 Å². The fourth-order valence-electron chi connectivity index (χ4n) is 2.61. The summed E-state index contributed by atoms with van der Waals surface area (Å²) < 4.78 is 0. The zero-order chi connectivity index (χ0) is 14.8. The van der Waals surface area contributed by atoms with Crippen molar-refractivity contribution in [1.29, 1.82) is 0 Å². The number of aromatic nitrogens is 1. The molecule has 1 heterocycles. The van der Waals surface area contributed by atoms with Crippen LogP contribution in [0.25, 0.3) is 10.8 Å². The molecule has 0 bridgehead atoms. The van der Waals surface area contributed by atoms with Crippen LogP contribution in [0, 0.1) is 0 Å². The van der Waals surface area contributed by atoms with E-state index in [2.05, 4.69) is 29.2 Å². The van der Waals surface area contributed by atoms with E-state index in [4.69, 9.17) is 0 Å². The Morgan fingerprint density at radius 3 is 2.90 bits per heavy atom. The van der Waals surface area contributed by atoms with E-state index < -0.39 is 0 Å². The van der Waals surface area contributed by atoms with Gasteiger partial charge >= 0.3 is 0 Å². The van der Waals surface area contributed by atoms with Crippen molar-refractivity contribution in [3.05, 3.63) is 42.2 Å². The van der Waals surface area contributed by atoms with E-state index in [1.165, 1.54) is 12.8 Å². The number of nitrogens with zero attached hydrogens (tertiary/aromatic N) is 2. The lowest BCUT2D eigenvalue weighted by Crippen LogP contribution is -2.41. The Labute approximate surface area is 125 Å². The van der Waals surface area contributed by atoms with Gasteiger partial charge in [0.25, 0.3) is 5.91 Å². The topological polar surface area (TPSA) is 45.2 Å². The van der Waals surface area contributed by atoms with Gasteiger partial charge in [0.05, 0.1) is 0 Å². The molecular weight excluding hydrogens is 262 g/mol. The lowest BCUT2D eigenvalue weighted by molar-refractivity contribution is 0.0936. The van der Waals surface area contributed by atoms with E-state index in [1.54, 1.807) is 6.20 Å². The molecule has 0 saturated heterocycles. The Morgan fingerprint density at radius 2 is 2.14 bits per heavy atom. The lowest BCUT2D eigenvalue weighted by Gasteiger charge is -2.24. The molecule has 1 unspecified atom stereocenters. The van der Waals surface area contributed by atoms with Crippen molar-refractivity contribution >= 4 is 16.7 Å². The van der Waals surface area contributed by atoms with Crippen molar-refractivity contribution in [3.8, 4) is 0 Å². The number of amides is 1. The molecule has 1 atom stereocenters. The molecule has 21 heavy (non-hydrogen) atoms. The predicted octanol–water partition coefficient (Wildman–Crippen LogP) is 2.45. The maximum Gasteiger partial charge on any atom is 0.270 e. The van der Waals surface area contributed by atoms with Gasteiger partial charge in [-0.15, -0.1) is 0 Å². The molecule has 1 saturated carbocycles. The van der Waals surface area contributed by atoms with Crippen LogP contribution in [0.5, 0.6) is 0 Å². The van der Waals surface area contributed by atoms with E-state index in [0.29, 0.717) is 24.3 Å². The van der Waals surface area contributed by atoms with Crippen LogP contribution in [-0.2, 0) is 0 Å². The van der Waals surface area contributed by atoms with Gasteiger partial charge in [-0.05, 0) is 38.3 Å². The lowest BCUT2D eigenvalue weighted by atomic mass is 10.1. The Morgan fingerprint density at radius 1 is 1.38 bits per heavy atom. The maximum atomic E-state index is 12.4. The maximum absolute atomic E-state index is 12.4. The molecule has 110 valence electrons. The fourth-order valence-corrected chi connectivity index (χ4v) is 2.61. The monoisotopic (exact) mass is 283 g/mol. The number of hydrogen-bond acceptors (Lipinski definition) is 3. The summed E-state index contributed by atoms with van der Waals surface area (Å²) in [5.74, 6) is -0.0946. The number of likely N-dealkylation sites (N-methyl/N-ethyl adjacent to an activating group) is 1. The summed E-state index contributed by atoms with van der Waals surface area (Å²) in [5.41, 5.74) is 0.509. The van der Waals surface area contributed by atoms with E-state index in [1.807, 2.05) is 30.3 Å². The number of carbonyl (C=O) groups excluding carboxylic acids is 1. The van der Waals surface area contributed by atoms with Crippen molar-refractivity contribution in [2.45, 2.75) is 31.8 Å². The van der Waals surface area contributed by atoms with Crippen LogP contribution < -0.4 is 5.32 Å². The van der Waals surface area contributed by atoms with Gasteiger partial charge in [0.1, 0.15) is 5.69 Å². The number of carbonyl (C=O) groups is 1. The van der Waals surface area contributed by atoms with Gasteiger partial charge in [-0.25, -0.2) is 0 Å². The molecule has 4 heteroatoms. The standard InChI is InChI=1S/C17H21N3O/c1-12(20(2)14-7-8-14)11-19-17(21)16-15-6-4-3-5-13(15)9-10-18-16/h3-6,9-10,12,14H,7-8,11H2,1-2H3,(H,19,21). The molecule has 2 aromatic rings. The molecule has 3 rings (SSSR count). The second kappa shape index (κ2) is 5.82. The summed E-state index contributed by atoms with van der Waals surface area (Å²) in [7, 11) is 2.13. The Kier molecular flexibility index (Phi) is 3.88. The third kappa shape index (κ3) is 3.05. The largest absolute Gasteiger partial charge is 0.349 e. The molecule has 1 aromatic heterocycles. The molecule has 1 aromatic carbocycles. The summed E-state index contributed by atoms with van der Waals surface area (Å²) in [6.45, 7) is 2.80. The van der Waals surface area contributed by atoms with Gasteiger partial charge in [-0.2, -0.15) is 0 Å². The van der Waals surface area contributed by atoms with Crippen molar-refractivity contribution in [2.75, 3.05) is 13.6 Å². The Balaban J connectivity index is 1.69. The summed E-state index contributed by atoms with van der Waals surface area (Å²) in [5, 5.41) is 4.96. The minimum Gasteiger partial charge on any atom is -0.349 e. The highest BCUT2D eigenvalue weighted by atomic mass is 16.1. The zero-order valence-corrected chi connectivity index (χ0v) is 12.5. The molecule has 1 amide bonds. The van der Waals surface area contributed by atoms with Gasteiger partial charge in [0.15, 0.2) is 0 Å². The van der Waals surface area contributed by atoms with E-state index in [-0.39, 0.29) is 5.91 Å². The van der Waals surface area contributed by atoms with E-state index in [0.717, 1.165) is 10.8 Å². The normalized spacial score (nSPS) is 16.1. The highest BCUT2D eigenvalue weighted by Crippen LogP contribution is 2.26. The zero-order valence-electron chi connectivity index (χ0n) is 12.5. The minimum atomic E-state index is -0.0946. The van der Waals surface area contributed by atoms with Crippen LogP contribution in [0.4, 0.5) is 0 Å². The van der Waals surface area contributed by atoms with Crippen LogP contribution in [0.3, 0.4) is 0 Å². The highest BCUT2D eigenvalue weighted by Gasteiger charge is 2.29. The van der Waals surface area contributed by atoms with E-state index in [9.17, 15) is 4.79 Å². The molecule has 1 aliphatic rings. The molecule has 0 aliphatic heterocycles. The summed E-state index contributed by atoms with van der Waals surface area (Å²) >= 11 is 0. The third-order valence-electron chi connectivity index (χ3n) is 4.26. The highest BCUT2D eigenvalue weighted by molar-refractivity contribution is 6.05. The first-order valence-corrected chi connectivity index (χ1v) is 7.50. The van der Waals surface area contributed by atoms with Crippen LogP contribution in [0.1, 0.15) is 30.3 Å². The molecular formula is C17H21N3O. The van der Waals surface area contributed by atoms with Crippen LogP contribution >= 0.6 is 0 Å². The molecule has 4 nitrogen and oxygen atoms in total. The number of benzene rings is 1. The van der Waals surface area contributed by atoms with Crippen LogP contribution in [0.2, 0.25) is 0 Å². The van der Waals surface area contributed by atoms with Crippen molar-refractivity contribution in [3.63, 3.8) is 0 Å². The molecule has 1 N–H and O–H groups in total. The first kappa shape index (κ1) is 14.0. The van der Waals surface area contributed by atoms with E-state index >= 15 is 0 Å². The Bertz CT molecular complexity index is 646.